The molecule has 0 aliphatic carbocycles. The van der Waals surface area contributed by atoms with Gasteiger partial charge in [0.2, 0.25) is 0 Å². The van der Waals surface area contributed by atoms with Crippen LogP contribution >= 0.6 is 0 Å². The summed E-state index contributed by atoms with van der Waals surface area (Å²) in [7, 11) is 0. The highest BCUT2D eigenvalue weighted by atomic mass is 19.4. The molecule has 0 bridgehead atoms. The van der Waals surface area contributed by atoms with E-state index in [2.05, 4.69) is 0 Å². The Balaban J connectivity index is 2.84. The van der Waals surface area contributed by atoms with E-state index in [1.54, 1.807) is 12.1 Å². The van der Waals surface area contributed by atoms with Crippen molar-refractivity contribution in [2.75, 3.05) is 0 Å². The maximum atomic E-state index is 12.1. The highest BCUT2D eigenvalue weighted by molar-refractivity contribution is 5.52. The molecule has 0 radical (unpaired) electrons. The molecular formula is C11H8F3N. The molecule has 0 saturated carbocycles. The maximum absolute atomic E-state index is 12.1. The van der Waals surface area contributed by atoms with E-state index in [0.29, 0.717) is 5.56 Å². The zero-order chi connectivity index (χ0) is 11.3. The molecule has 0 unspecified atom stereocenters. The van der Waals surface area contributed by atoms with Crippen LogP contribution in [0.25, 0.3) is 6.08 Å². The monoisotopic (exact) mass is 211 g/mol. The maximum Gasteiger partial charge on any atom is 0.393 e. The minimum atomic E-state index is -4.20. The number of nitriles is 1. The van der Waals surface area contributed by atoms with Crippen LogP contribution in [0.2, 0.25) is 0 Å². The Morgan fingerprint density at radius 2 is 2.07 bits per heavy atom. The summed E-state index contributed by atoms with van der Waals surface area (Å²) in [5.41, 5.74) is 0.792. The summed E-state index contributed by atoms with van der Waals surface area (Å²) in [5.74, 6) is 0. The molecule has 0 N–H and O–H groups in total. The normalized spacial score (nSPS) is 11.6. The number of halogens is 3. The number of nitrogens with zero attached hydrogens (tertiary/aromatic N) is 1. The molecule has 0 amide bonds. The van der Waals surface area contributed by atoms with Crippen LogP contribution in [0.1, 0.15) is 11.1 Å². The van der Waals surface area contributed by atoms with E-state index in [4.69, 9.17) is 5.26 Å². The van der Waals surface area contributed by atoms with Gasteiger partial charge in [0.25, 0.3) is 0 Å². The fraction of sp³-hybridized carbons (Fsp3) is 0.182. The van der Waals surface area contributed by atoms with Crippen LogP contribution in [-0.2, 0) is 6.42 Å². The fourth-order valence-corrected chi connectivity index (χ4v) is 1.17. The molecule has 1 aromatic rings. The first kappa shape index (κ1) is 11.3. The Kier molecular flexibility index (Phi) is 3.51. The van der Waals surface area contributed by atoms with Crippen molar-refractivity contribution in [1.29, 1.82) is 5.26 Å². The molecule has 1 nitrogen and oxygen atoms in total. The lowest BCUT2D eigenvalue weighted by molar-refractivity contribution is -0.127. The number of allylic oxidation sites excluding steroid dienone is 1. The van der Waals surface area contributed by atoms with Crippen LogP contribution in [0.15, 0.2) is 30.3 Å². The van der Waals surface area contributed by atoms with E-state index in [-0.39, 0.29) is 5.56 Å². The molecule has 4 heteroatoms. The number of benzene rings is 1. The van der Waals surface area contributed by atoms with Crippen LogP contribution < -0.4 is 0 Å². The molecule has 15 heavy (non-hydrogen) atoms. The van der Waals surface area contributed by atoms with Crippen LogP contribution in [0.4, 0.5) is 13.2 Å². The van der Waals surface area contributed by atoms with Crippen molar-refractivity contribution in [2.45, 2.75) is 12.6 Å². The van der Waals surface area contributed by atoms with Gasteiger partial charge in [-0.25, -0.2) is 0 Å². The second-order valence-corrected chi connectivity index (χ2v) is 3.00. The smallest absolute Gasteiger partial charge is 0.193 e. The highest BCUT2D eigenvalue weighted by Gasteiger charge is 2.27. The summed E-state index contributed by atoms with van der Waals surface area (Å²) in [5, 5.41) is 8.27. The number of hydrogen-bond acceptors (Lipinski definition) is 1. The largest absolute Gasteiger partial charge is 0.393 e. The topological polar surface area (TPSA) is 23.8 Å². The molecule has 0 aliphatic rings. The molecule has 0 fully saturated rings. The predicted octanol–water partition coefficient (Wildman–Crippen LogP) is 3.33. The fourth-order valence-electron chi connectivity index (χ4n) is 1.17. The third-order valence-corrected chi connectivity index (χ3v) is 1.71. The number of alkyl halides is 3. The number of hydrogen-bond donors (Lipinski definition) is 0. The lowest BCUT2D eigenvalue weighted by Gasteiger charge is -2.06. The van der Waals surface area contributed by atoms with Gasteiger partial charge in [-0.1, -0.05) is 24.3 Å². The van der Waals surface area contributed by atoms with Crippen molar-refractivity contribution in [3.05, 3.63) is 41.5 Å². The zero-order valence-corrected chi connectivity index (χ0v) is 7.75. The van der Waals surface area contributed by atoms with Crippen molar-refractivity contribution >= 4 is 6.08 Å². The van der Waals surface area contributed by atoms with Gasteiger partial charge < -0.3 is 0 Å². The number of rotatable bonds is 2. The second-order valence-electron chi connectivity index (χ2n) is 3.00. The van der Waals surface area contributed by atoms with Gasteiger partial charge >= 0.3 is 6.18 Å². The van der Waals surface area contributed by atoms with E-state index >= 15 is 0 Å². The van der Waals surface area contributed by atoms with Gasteiger partial charge in [0.15, 0.2) is 0 Å². The lowest BCUT2D eigenvalue weighted by Crippen LogP contribution is -2.11. The van der Waals surface area contributed by atoms with Gasteiger partial charge in [-0.15, -0.1) is 0 Å². The van der Waals surface area contributed by atoms with Crippen LogP contribution in [-0.4, -0.2) is 6.18 Å². The summed E-state index contributed by atoms with van der Waals surface area (Å²) in [4.78, 5) is 0. The average Bonchev–Trinajstić information content (AvgIpc) is 2.12. The average molecular weight is 211 g/mol. The molecule has 0 spiro atoms. The second kappa shape index (κ2) is 4.65. The molecule has 0 heterocycles. The summed E-state index contributed by atoms with van der Waals surface area (Å²) in [6, 6.07) is 7.80. The van der Waals surface area contributed by atoms with Gasteiger partial charge in [0.1, 0.15) is 0 Å². The standard InChI is InChI=1S/C11H8F3N/c12-11(13,14)8-10-4-1-3-9(7-10)5-2-6-15/h1-5,7H,8H2. The molecule has 0 aromatic heterocycles. The molecule has 78 valence electrons. The molecule has 0 saturated heterocycles. The van der Waals surface area contributed by atoms with Gasteiger partial charge in [-0.3, -0.25) is 0 Å². The van der Waals surface area contributed by atoms with Crippen molar-refractivity contribution in [2.24, 2.45) is 0 Å². The minimum absolute atomic E-state index is 0.197. The van der Waals surface area contributed by atoms with Gasteiger partial charge in [-0.2, -0.15) is 18.4 Å². The summed E-state index contributed by atoms with van der Waals surface area (Å²) in [6.45, 7) is 0. The highest BCUT2D eigenvalue weighted by Crippen LogP contribution is 2.21. The Morgan fingerprint density at radius 1 is 1.33 bits per heavy atom. The van der Waals surface area contributed by atoms with E-state index in [1.165, 1.54) is 30.4 Å². The van der Waals surface area contributed by atoms with Crippen molar-refractivity contribution < 1.29 is 13.2 Å². The molecule has 0 atom stereocenters. The first-order valence-electron chi connectivity index (χ1n) is 4.23. The minimum Gasteiger partial charge on any atom is -0.193 e. The third-order valence-electron chi connectivity index (χ3n) is 1.71. The Bertz CT molecular complexity index is 399. The van der Waals surface area contributed by atoms with Gasteiger partial charge in [-0.05, 0) is 17.2 Å². The lowest BCUT2D eigenvalue weighted by atomic mass is 10.1. The van der Waals surface area contributed by atoms with Gasteiger partial charge in [0, 0.05) is 6.08 Å². The molecule has 1 aromatic carbocycles. The van der Waals surface area contributed by atoms with E-state index < -0.39 is 12.6 Å². The third kappa shape index (κ3) is 4.32. The van der Waals surface area contributed by atoms with Crippen molar-refractivity contribution in [3.63, 3.8) is 0 Å². The van der Waals surface area contributed by atoms with Gasteiger partial charge in [0.05, 0.1) is 12.5 Å². The molecular weight excluding hydrogens is 203 g/mol. The quantitative estimate of drug-likeness (QED) is 0.688. The summed E-state index contributed by atoms with van der Waals surface area (Å²) in [6.07, 6.45) is -2.44. The van der Waals surface area contributed by atoms with Crippen molar-refractivity contribution in [1.82, 2.24) is 0 Å². The summed E-state index contributed by atoms with van der Waals surface area (Å²) >= 11 is 0. The zero-order valence-electron chi connectivity index (χ0n) is 7.75. The van der Waals surface area contributed by atoms with E-state index in [1.807, 2.05) is 0 Å². The Hall–Kier alpha value is -1.76. The van der Waals surface area contributed by atoms with Crippen LogP contribution in [0.5, 0.6) is 0 Å². The predicted molar refractivity (Wildman–Crippen MR) is 50.8 cm³/mol. The first-order valence-corrected chi connectivity index (χ1v) is 4.23. The molecule has 1 rings (SSSR count). The Labute approximate surface area is 85.5 Å². The first-order chi connectivity index (χ1) is 7.01. The van der Waals surface area contributed by atoms with Crippen LogP contribution in [0, 0.1) is 11.3 Å². The molecule has 0 aliphatic heterocycles. The van der Waals surface area contributed by atoms with E-state index in [9.17, 15) is 13.2 Å². The summed E-state index contributed by atoms with van der Waals surface area (Å²) < 4.78 is 36.2. The van der Waals surface area contributed by atoms with Crippen LogP contribution in [0.3, 0.4) is 0 Å². The van der Waals surface area contributed by atoms with E-state index in [0.717, 1.165) is 0 Å². The Morgan fingerprint density at radius 3 is 2.67 bits per heavy atom. The SMILES string of the molecule is N#CC=Cc1cccc(CC(F)(F)F)c1. The van der Waals surface area contributed by atoms with Crippen molar-refractivity contribution in [3.8, 4) is 6.07 Å².